The molecule has 1 aromatic carbocycles. The number of piperazine rings is 1. The number of benzene rings is 1. The van der Waals surface area contributed by atoms with Crippen molar-refractivity contribution in [2.24, 2.45) is 5.92 Å². The summed E-state index contributed by atoms with van der Waals surface area (Å²) in [5, 5.41) is 0.987. The topological polar surface area (TPSA) is 53.8 Å². The van der Waals surface area contributed by atoms with Crippen molar-refractivity contribution in [1.82, 2.24) is 9.80 Å². The summed E-state index contributed by atoms with van der Waals surface area (Å²) in [5.41, 5.74) is 2.40. The SMILES string of the molecule is Cc1ccc2c(CN3CCN(C(=O)C(C)C)CC3)cc(=O)oc2c1. The predicted molar refractivity (Wildman–Crippen MR) is 93.9 cm³/mol. The van der Waals surface area contributed by atoms with Gasteiger partial charge in [0.25, 0.3) is 0 Å². The molecule has 1 amide bonds. The van der Waals surface area contributed by atoms with Gasteiger partial charge in [-0.05, 0) is 24.1 Å². The Hall–Kier alpha value is -2.14. The lowest BCUT2D eigenvalue weighted by Gasteiger charge is -2.35. The molecule has 3 rings (SSSR count). The smallest absolute Gasteiger partial charge is 0.336 e. The number of aryl methyl sites for hydroxylation is 1. The van der Waals surface area contributed by atoms with Crippen LogP contribution in [0.5, 0.6) is 0 Å². The Kier molecular flexibility index (Phi) is 4.71. The third-order valence-electron chi connectivity index (χ3n) is 4.56. The van der Waals surface area contributed by atoms with Crippen molar-refractivity contribution < 1.29 is 9.21 Å². The molecule has 0 unspecified atom stereocenters. The van der Waals surface area contributed by atoms with Crippen LogP contribution in [0.15, 0.2) is 33.5 Å². The van der Waals surface area contributed by atoms with Crippen LogP contribution in [0.1, 0.15) is 25.0 Å². The number of fused-ring (bicyclic) bond motifs is 1. The average molecular weight is 328 g/mol. The summed E-state index contributed by atoms with van der Waals surface area (Å²) in [6, 6.07) is 7.54. The van der Waals surface area contributed by atoms with E-state index in [-0.39, 0.29) is 17.5 Å². The summed E-state index contributed by atoms with van der Waals surface area (Å²) in [7, 11) is 0. The lowest BCUT2D eigenvalue weighted by molar-refractivity contribution is -0.136. The summed E-state index contributed by atoms with van der Waals surface area (Å²) in [4.78, 5) is 28.1. The Balaban J connectivity index is 1.75. The summed E-state index contributed by atoms with van der Waals surface area (Å²) < 4.78 is 5.32. The van der Waals surface area contributed by atoms with Gasteiger partial charge in [-0.3, -0.25) is 9.69 Å². The largest absolute Gasteiger partial charge is 0.423 e. The Morgan fingerprint density at radius 3 is 2.54 bits per heavy atom. The molecule has 0 radical (unpaired) electrons. The quantitative estimate of drug-likeness (QED) is 0.812. The molecule has 1 saturated heterocycles. The molecule has 2 aromatic rings. The van der Waals surface area contributed by atoms with Crippen molar-refractivity contribution in [2.75, 3.05) is 26.2 Å². The Labute approximate surface area is 141 Å². The Morgan fingerprint density at radius 2 is 1.88 bits per heavy atom. The maximum atomic E-state index is 12.1. The fraction of sp³-hybridized carbons (Fsp3) is 0.474. The minimum Gasteiger partial charge on any atom is -0.423 e. The molecular weight excluding hydrogens is 304 g/mol. The van der Waals surface area contributed by atoms with E-state index in [2.05, 4.69) is 4.90 Å². The molecule has 0 spiro atoms. The molecule has 5 heteroatoms. The first-order valence-electron chi connectivity index (χ1n) is 8.48. The van der Waals surface area contributed by atoms with E-state index >= 15 is 0 Å². The fourth-order valence-electron chi connectivity index (χ4n) is 3.20. The van der Waals surface area contributed by atoms with Gasteiger partial charge in [0.2, 0.25) is 5.91 Å². The monoisotopic (exact) mass is 328 g/mol. The lowest BCUT2D eigenvalue weighted by atomic mass is 10.1. The highest BCUT2D eigenvalue weighted by molar-refractivity contribution is 5.80. The molecule has 1 aliphatic heterocycles. The fourth-order valence-corrected chi connectivity index (χ4v) is 3.20. The minimum atomic E-state index is -0.309. The number of amides is 1. The van der Waals surface area contributed by atoms with Crippen LogP contribution in [0.4, 0.5) is 0 Å². The molecule has 0 aliphatic carbocycles. The van der Waals surface area contributed by atoms with E-state index < -0.39 is 0 Å². The average Bonchev–Trinajstić information content (AvgIpc) is 2.54. The normalized spacial score (nSPS) is 16.1. The number of hydrogen-bond donors (Lipinski definition) is 0. The van der Waals surface area contributed by atoms with Gasteiger partial charge in [0.1, 0.15) is 5.58 Å². The van der Waals surface area contributed by atoms with Crippen LogP contribution < -0.4 is 5.63 Å². The summed E-state index contributed by atoms with van der Waals surface area (Å²) in [6.07, 6.45) is 0. The van der Waals surface area contributed by atoms with Crippen LogP contribution in [-0.2, 0) is 11.3 Å². The van der Waals surface area contributed by atoms with E-state index in [0.717, 1.165) is 42.7 Å². The van der Waals surface area contributed by atoms with E-state index in [9.17, 15) is 9.59 Å². The van der Waals surface area contributed by atoms with Gasteiger partial charge in [-0.15, -0.1) is 0 Å². The molecule has 0 N–H and O–H groups in total. The molecule has 1 aliphatic rings. The van der Waals surface area contributed by atoms with Crippen molar-refractivity contribution in [2.45, 2.75) is 27.3 Å². The van der Waals surface area contributed by atoms with Crippen LogP contribution in [0, 0.1) is 12.8 Å². The van der Waals surface area contributed by atoms with Gasteiger partial charge in [0.05, 0.1) is 0 Å². The third-order valence-corrected chi connectivity index (χ3v) is 4.56. The molecule has 0 saturated carbocycles. The molecule has 0 bridgehead atoms. The summed E-state index contributed by atoms with van der Waals surface area (Å²) in [6.45, 7) is 9.70. The predicted octanol–water partition coefficient (Wildman–Crippen LogP) is 2.40. The minimum absolute atomic E-state index is 0.0440. The van der Waals surface area contributed by atoms with Gasteiger partial charge in [0.15, 0.2) is 0 Å². The van der Waals surface area contributed by atoms with Gasteiger partial charge in [-0.1, -0.05) is 26.0 Å². The van der Waals surface area contributed by atoms with Crippen molar-refractivity contribution in [3.8, 4) is 0 Å². The van der Waals surface area contributed by atoms with E-state index in [1.165, 1.54) is 0 Å². The molecule has 24 heavy (non-hydrogen) atoms. The van der Waals surface area contributed by atoms with Crippen LogP contribution in [0.25, 0.3) is 11.0 Å². The number of rotatable bonds is 3. The second-order valence-corrected chi connectivity index (χ2v) is 6.85. The van der Waals surface area contributed by atoms with Crippen LogP contribution in [0.3, 0.4) is 0 Å². The first-order chi connectivity index (χ1) is 11.4. The van der Waals surface area contributed by atoms with Gasteiger partial charge < -0.3 is 9.32 Å². The number of carbonyl (C=O) groups is 1. The van der Waals surface area contributed by atoms with Gasteiger partial charge in [-0.2, -0.15) is 0 Å². The maximum Gasteiger partial charge on any atom is 0.336 e. The van der Waals surface area contributed by atoms with Gasteiger partial charge >= 0.3 is 5.63 Å². The van der Waals surface area contributed by atoms with Crippen LogP contribution >= 0.6 is 0 Å². The zero-order valence-electron chi connectivity index (χ0n) is 14.5. The second kappa shape index (κ2) is 6.77. The molecular formula is C19H24N2O3. The van der Waals surface area contributed by atoms with Gasteiger partial charge in [-0.25, -0.2) is 4.79 Å². The molecule has 5 nitrogen and oxygen atoms in total. The van der Waals surface area contributed by atoms with Crippen LogP contribution in [0.2, 0.25) is 0 Å². The molecule has 0 atom stereocenters. The number of carbonyl (C=O) groups excluding carboxylic acids is 1. The van der Waals surface area contributed by atoms with Crippen molar-refractivity contribution in [3.05, 3.63) is 45.8 Å². The van der Waals surface area contributed by atoms with Crippen molar-refractivity contribution in [3.63, 3.8) is 0 Å². The summed E-state index contributed by atoms with van der Waals surface area (Å²) in [5.74, 6) is 0.262. The Bertz CT molecular complexity index is 802. The third kappa shape index (κ3) is 3.51. The van der Waals surface area contributed by atoms with E-state index in [1.807, 2.05) is 43.9 Å². The Morgan fingerprint density at radius 1 is 1.17 bits per heavy atom. The van der Waals surface area contributed by atoms with E-state index in [4.69, 9.17) is 4.42 Å². The highest BCUT2D eigenvalue weighted by Gasteiger charge is 2.23. The highest BCUT2D eigenvalue weighted by Crippen LogP contribution is 2.20. The summed E-state index contributed by atoms with van der Waals surface area (Å²) >= 11 is 0. The molecule has 2 heterocycles. The van der Waals surface area contributed by atoms with E-state index in [1.54, 1.807) is 6.07 Å². The molecule has 1 fully saturated rings. The van der Waals surface area contributed by atoms with E-state index in [0.29, 0.717) is 12.1 Å². The number of hydrogen-bond acceptors (Lipinski definition) is 4. The lowest BCUT2D eigenvalue weighted by Crippen LogP contribution is -2.49. The second-order valence-electron chi connectivity index (χ2n) is 6.85. The van der Waals surface area contributed by atoms with Crippen LogP contribution in [-0.4, -0.2) is 41.9 Å². The standard InChI is InChI=1S/C19H24N2O3/c1-13(2)19(23)21-8-6-20(7-9-21)12-15-11-18(22)24-17-10-14(3)4-5-16(15)17/h4-5,10-11,13H,6-9,12H2,1-3H3. The molecule has 128 valence electrons. The molecule has 1 aromatic heterocycles. The first-order valence-corrected chi connectivity index (χ1v) is 8.48. The maximum absolute atomic E-state index is 12.1. The first kappa shape index (κ1) is 16.7. The zero-order chi connectivity index (χ0) is 17.3. The zero-order valence-corrected chi connectivity index (χ0v) is 14.5. The highest BCUT2D eigenvalue weighted by atomic mass is 16.4. The number of nitrogens with zero attached hydrogens (tertiary/aromatic N) is 2. The van der Waals surface area contributed by atoms with Crippen molar-refractivity contribution in [1.29, 1.82) is 0 Å². The van der Waals surface area contributed by atoms with Crippen molar-refractivity contribution >= 4 is 16.9 Å². The van der Waals surface area contributed by atoms with Gasteiger partial charge in [0, 0.05) is 50.1 Å².